The molecule has 0 saturated carbocycles. The van der Waals surface area contributed by atoms with Crippen LogP contribution in [0.3, 0.4) is 0 Å². The number of hydrogen-bond donors (Lipinski definition) is 3. The van der Waals surface area contributed by atoms with Crippen molar-refractivity contribution in [1.82, 2.24) is 4.98 Å². The van der Waals surface area contributed by atoms with Gasteiger partial charge in [-0.2, -0.15) is 0 Å². The lowest BCUT2D eigenvalue weighted by Gasteiger charge is -1.90. The Labute approximate surface area is 83.2 Å². The van der Waals surface area contributed by atoms with Gasteiger partial charge in [0.2, 0.25) is 0 Å². The summed E-state index contributed by atoms with van der Waals surface area (Å²) in [5, 5.41) is 20.9. The first-order valence-electron chi connectivity index (χ1n) is 4.17. The average Bonchev–Trinajstić information content (AvgIpc) is 2.65. The van der Waals surface area contributed by atoms with Crippen molar-refractivity contribution < 1.29 is 10.2 Å². The fourth-order valence-electron chi connectivity index (χ4n) is 1.67. The monoisotopic (exact) mass is 205 g/mol. The Bertz CT molecular complexity index is 568. The van der Waals surface area contributed by atoms with Crippen molar-refractivity contribution in [2.24, 2.45) is 0 Å². The summed E-state index contributed by atoms with van der Waals surface area (Å²) in [7, 11) is 0. The van der Waals surface area contributed by atoms with Crippen LogP contribution in [-0.4, -0.2) is 15.2 Å². The molecule has 2 aromatic heterocycles. The fraction of sp³-hybridized carbons (Fsp3) is 0. The van der Waals surface area contributed by atoms with E-state index in [4.69, 9.17) is 0 Å². The third kappa shape index (κ3) is 0.914. The zero-order valence-electron chi connectivity index (χ0n) is 7.11. The van der Waals surface area contributed by atoms with Gasteiger partial charge in [0.15, 0.2) is 10.9 Å². The Morgan fingerprint density at radius 1 is 1.07 bits per heavy atom. The van der Waals surface area contributed by atoms with E-state index >= 15 is 0 Å². The van der Waals surface area contributed by atoms with Crippen LogP contribution in [0.4, 0.5) is 0 Å². The molecule has 0 radical (unpaired) electrons. The normalized spacial score (nSPS) is 11.4. The molecule has 0 fully saturated rings. The van der Waals surface area contributed by atoms with Crippen molar-refractivity contribution in [2.45, 2.75) is 0 Å². The van der Waals surface area contributed by atoms with Gasteiger partial charge in [0.1, 0.15) is 0 Å². The van der Waals surface area contributed by atoms with Crippen molar-refractivity contribution in [3.63, 3.8) is 0 Å². The van der Waals surface area contributed by atoms with E-state index in [0.29, 0.717) is 5.06 Å². The van der Waals surface area contributed by atoms with Gasteiger partial charge < -0.3 is 15.2 Å². The predicted octanol–water partition coefficient (Wildman–Crippen LogP) is 2.79. The van der Waals surface area contributed by atoms with Crippen LogP contribution in [0.25, 0.3) is 21.0 Å². The molecule has 4 heteroatoms. The van der Waals surface area contributed by atoms with Gasteiger partial charge in [-0.05, 0) is 11.5 Å². The molecule has 0 spiro atoms. The molecule has 0 aliphatic heterocycles. The largest absolute Gasteiger partial charge is 0.499 e. The van der Waals surface area contributed by atoms with Crippen LogP contribution in [0.5, 0.6) is 10.9 Å². The van der Waals surface area contributed by atoms with Crippen molar-refractivity contribution in [2.75, 3.05) is 0 Å². The summed E-state index contributed by atoms with van der Waals surface area (Å²) in [5.74, 6) is 0.153. The Morgan fingerprint density at radius 2 is 1.86 bits per heavy atom. The summed E-state index contributed by atoms with van der Waals surface area (Å²) in [6.07, 6.45) is 0. The summed E-state index contributed by atoms with van der Waals surface area (Å²) in [5.41, 5.74) is 0.880. The maximum absolute atomic E-state index is 9.36. The summed E-state index contributed by atoms with van der Waals surface area (Å²) in [6.45, 7) is 0. The molecule has 0 aliphatic rings. The molecule has 2 heterocycles. The molecular weight excluding hydrogens is 198 g/mol. The van der Waals surface area contributed by atoms with Crippen LogP contribution in [0.1, 0.15) is 0 Å². The lowest BCUT2D eigenvalue weighted by Crippen LogP contribution is -1.67. The summed E-state index contributed by atoms with van der Waals surface area (Å²) in [6, 6.07) is 7.24. The summed E-state index contributed by atoms with van der Waals surface area (Å²) < 4.78 is 0.973. The highest BCUT2D eigenvalue weighted by molar-refractivity contribution is 7.21. The maximum Gasteiger partial charge on any atom is 0.189 e. The second-order valence-corrected chi connectivity index (χ2v) is 4.22. The first-order chi connectivity index (χ1) is 6.74. The van der Waals surface area contributed by atoms with Crippen molar-refractivity contribution in [1.29, 1.82) is 0 Å². The Morgan fingerprint density at radius 3 is 2.71 bits per heavy atom. The average molecular weight is 205 g/mol. The second kappa shape index (κ2) is 2.42. The summed E-state index contributed by atoms with van der Waals surface area (Å²) >= 11 is 1.31. The number of rotatable bonds is 0. The first-order valence-corrected chi connectivity index (χ1v) is 4.99. The van der Waals surface area contributed by atoms with Crippen LogP contribution in [0.2, 0.25) is 0 Å². The van der Waals surface area contributed by atoms with E-state index in [1.807, 2.05) is 12.1 Å². The zero-order chi connectivity index (χ0) is 9.71. The number of hydrogen-bond acceptors (Lipinski definition) is 3. The van der Waals surface area contributed by atoms with E-state index in [-0.39, 0.29) is 5.88 Å². The minimum atomic E-state index is 0.153. The van der Waals surface area contributed by atoms with Crippen molar-refractivity contribution >= 4 is 32.3 Å². The van der Waals surface area contributed by atoms with Gasteiger partial charge in [0, 0.05) is 11.5 Å². The smallest absolute Gasteiger partial charge is 0.189 e. The van der Waals surface area contributed by atoms with Gasteiger partial charge in [-0.25, -0.2) is 0 Å². The van der Waals surface area contributed by atoms with Gasteiger partial charge in [0.25, 0.3) is 0 Å². The number of aromatic nitrogens is 1. The molecule has 3 nitrogen and oxygen atoms in total. The Balaban J connectivity index is 2.58. The van der Waals surface area contributed by atoms with Crippen LogP contribution in [0, 0.1) is 0 Å². The maximum atomic E-state index is 9.36. The highest BCUT2D eigenvalue weighted by Gasteiger charge is 2.07. The van der Waals surface area contributed by atoms with Gasteiger partial charge in [-0.1, -0.05) is 23.5 Å². The molecule has 1 aromatic carbocycles. The molecule has 3 aromatic rings. The minimum Gasteiger partial charge on any atom is -0.499 e. The van der Waals surface area contributed by atoms with Gasteiger partial charge in [0.05, 0.1) is 10.2 Å². The molecule has 14 heavy (non-hydrogen) atoms. The van der Waals surface area contributed by atoms with E-state index in [0.717, 1.165) is 21.0 Å². The first kappa shape index (κ1) is 7.70. The Hall–Kier alpha value is -1.68. The van der Waals surface area contributed by atoms with Crippen LogP contribution in [-0.2, 0) is 0 Å². The van der Waals surface area contributed by atoms with E-state index in [9.17, 15) is 10.2 Å². The highest BCUT2D eigenvalue weighted by Crippen LogP contribution is 2.36. The van der Waals surface area contributed by atoms with E-state index in [2.05, 4.69) is 4.98 Å². The number of H-pyrrole nitrogens is 1. The highest BCUT2D eigenvalue weighted by atomic mass is 32.1. The second-order valence-electron chi connectivity index (χ2n) is 3.19. The van der Waals surface area contributed by atoms with Crippen LogP contribution >= 0.6 is 11.3 Å². The molecule has 3 rings (SSSR count). The third-order valence-corrected chi connectivity index (χ3v) is 3.22. The topological polar surface area (TPSA) is 56.2 Å². The number of aromatic amines is 1. The lowest BCUT2D eigenvalue weighted by molar-refractivity contribution is 0.458. The number of aromatic hydroxyl groups is 2. The molecule has 0 bridgehead atoms. The van der Waals surface area contributed by atoms with E-state index in [1.165, 1.54) is 11.3 Å². The Kier molecular flexibility index (Phi) is 1.33. The number of benzene rings is 1. The third-order valence-electron chi connectivity index (χ3n) is 2.25. The van der Waals surface area contributed by atoms with E-state index < -0.39 is 0 Å². The molecule has 3 N–H and O–H groups in total. The number of nitrogens with one attached hydrogen (secondary N) is 1. The van der Waals surface area contributed by atoms with Gasteiger partial charge in [-0.3, -0.25) is 0 Å². The standard InChI is InChI=1S/C10H7NO2S/c12-7-3-5-1-2-6-4-8(13)14-10(6)9(5)11-7/h1-4,11-13H. The predicted molar refractivity (Wildman–Crippen MR) is 57.0 cm³/mol. The van der Waals surface area contributed by atoms with Crippen LogP contribution in [0.15, 0.2) is 24.3 Å². The molecule has 70 valence electrons. The molecule has 0 unspecified atom stereocenters. The lowest BCUT2D eigenvalue weighted by atomic mass is 10.2. The number of fused-ring (bicyclic) bond motifs is 3. The molecule has 0 amide bonds. The molecule has 0 saturated heterocycles. The van der Waals surface area contributed by atoms with Crippen LogP contribution < -0.4 is 0 Å². The van der Waals surface area contributed by atoms with Gasteiger partial charge in [-0.15, -0.1) is 0 Å². The van der Waals surface area contributed by atoms with Crippen molar-refractivity contribution in [3.05, 3.63) is 24.3 Å². The fourth-order valence-corrected chi connectivity index (χ4v) is 2.58. The van der Waals surface area contributed by atoms with Crippen molar-refractivity contribution in [3.8, 4) is 10.9 Å². The quantitative estimate of drug-likeness (QED) is 0.528. The molecule has 0 aliphatic carbocycles. The minimum absolute atomic E-state index is 0.153. The zero-order valence-corrected chi connectivity index (χ0v) is 7.93. The summed E-state index contributed by atoms with van der Waals surface area (Å²) in [4.78, 5) is 2.87. The molecule has 0 atom stereocenters. The molecular formula is C10H7NO2S. The van der Waals surface area contributed by atoms with E-state index in [1.54, 1.807) is 12.1 Å². The number of thiophene rings is 1. The van der Waals surface area contributed by atoms with Gasteiger partial charge >= 0.3 is 0 Å². The SMILES string of the molecule is Oc1cc2ccc3cc(O)sc3c2[nH]1.